The van der Waals surface area contributed by atoms with E-state index < -0.39 is 0 Å². The van der Waals surface area contributed by atoms with E-state index in [-0.39, 0.29) is 5.91 Å². The Kier molecular flexibility index (Phi) is 6.55. The zero-order valence-corrected chi connectivity index (χ0v) is 15.4. The highest BCUT2D eigenvalue weighted by molar-refractivity contribution is 5.94. The SMILES string of the molecule is CCN1CCN(c2ccc(C(=O)NCCCc3ccccn3)cn2)CC1. The van der Waals surface area contributed by atoms with Crippen LogP contribution in [0.3, 0.4) is 0 Å². The molecule has 1 aliphatic heterocycles. The first-order valence-electron chi connectivity index (χ1n) is 9.37. The molecule has 1 amide bonds. The second kappa shape index (κ2) is 9.29. The molecule has 138 valence electrons. The van der Waals surface area contributed by atoms with Crippen molar-refractivity contribution in [1.29, 1.82) is 0 Å². The predicted octanol–water partition coefficient (Wildman–Crippen LogP) is 1.98. The van der Waals surface area contributed by atoms with Gasteiger partial charge in [-0.1, -0.05) is 13.0 Å². The number of hydrogen-bond donors (Lipinski definition) is 1. The van der Waals surface area contributed by atoms with Crippen LogP contribution in [-0.4, -0.2) is 60.0 Å². The van der Waals surface area contributed by atoms with Gasteiger partial charge in [0.15, 0.2) is 0 Å². The average molecular weight is 353 g/mol. The Bertz CT molecular complexity index is 681. The van der Waals surface area contributed by atoms with Gasteiger partial charge in [-0.25, -0.2) is 4.98 Å². The number of aromatic nitrogens is 2. The van der Waals surface area contributed by atoms with Crippen molar-refractivity contribution in [3.05, 3.63) is 54.0 Å². The molecular formula is C20H27N5O. The number of anilines is 1. The summed E-state index contributed by atoms with van der Waals surface area (Å²) in [7, 11) is 0. The van der Waals surface area contributed by atoms with E-state index in [4.69, 9.17) is 0 Å². The summed E-state index contributed by atoms with van der Waals surface area (Å²) in [6, 6.07) is 9.71. The standard InChI is InChI=1S/C20H27N5O/c1-2-24-12-14-25(15-13-24)19-9-8-17(16-23-19)20(26)22-11-5-7-18-6-3-4-10-21-18/h3-4,6,8-10,16H,2,5,7,11-15H2,1H3,(H,22,26). The molecule has 0 spiro atoms. The third-order valence-electron chi connectivity index (χ3n) is 4.77. The topological polar surface area (TPSA) is 61.4 Å². The predicted molar refractivity (Wildman–Crippen MR) is 103 cm³/mol. The van der Waals surface area contributed by atoms with Crippen LogP contribution >= 0.6 is 0 Å². The van der Waals surface area contributed by atoms with Crippen molar-refractivity contribution in [1.82, 2.24) is 20.2 Å². The molecule has 0 aromatic carbocycles. The monoisotopic (exact) mass is 353 g/mol. The first-order valence-corrected chi connectivity index (χ1v) is 9.37. The van der Waals surface area contributed by atoms with E-state index >= 15 is 0 Å². The van der Waals surface area contributed by atoms with Gasteiger partial charge >= 0.3 is 0 Å². The Balaban J connectivity index is 1.43. The fourth-order valence-corrected chi connectivity index (χ4v) is 3.12. The molecule has 6 nitrogen and oxygen atoms in total. The molecule has 0 aliphatic carbocycles. The van der Waals surface area contributed by atoms with Crippen molar-refractivity contribution in [3.8, 4) is 0 Å². The van der Waals surface area contributed by atoms with Gasteiger partial charge in [0, 0.05) is 50.8 Å². The van der Waals surface area contributed by atoms with Crippen molar-refractivity contribution in [3.63, 3.8) is 0 Å². The summed E-state index contributed by atoms with van der Waals surface area (Å²) in [4.78, 5) is 25.7. The molecule has 1 aliphatic rings. The summed E-state index contributed by atoms with van der Waals surface area (Å²) in [6.07, 6.45) is 5.21. The van der Waals surface area contributed by atoms with E-state index in [1.54, 1.807) is 12.4 Å². The van der Waals surface area contributed by atoms with Crippen LogP contribution in [0.1, 0.15) is 29.4 Å². The quantitative estimate of drug-likeness (QED) is 0.771. The lowest BCUT2D eigenvalue weighted by molar-refractivity contribution is 0.0953. The molecule has 1 N–H and O–H groups in total. The van der Waals surface area contributed by atoms with Crippen LogP contribution in [0.25, 0.3) is 0 Å². The number of likely N-dealkylation sites (N-methyl/N-ethyl adjacent to an activating group) is 1. The van der Waals surface area contributed by atoms with Crippen molar-refractivity contribution in [2.45, 2.75) is 19.8 Å². The first kappa shape index (κ1) is 18.3. The summed E-state index contributed by atoms with van der Waals surface area (Å²) >= 11 is 0. The Morgan fingerprint density at radius 2 is 1.96 bits per heavy atom. The van der Waals surface area contributed by atoms with Gasteiger partial charge in [0.2, 0.25) is 0 Å². The lowest BCUT2D eigenvalue weighted by Crippen LogP contribution is -2.46. The third-order valence-corrected chi connectivity index (χ3v) is 4.77. The molecule has 6 heteroatoms. The number of rotatable bonds is 7. The number of nitrogens with zero attached hydrogens (tertiary/aromatic N) is 4. The van der Waals surface area contributed by atoms with Crippen LogP contribution in [0, 0.1) is 0 Å². The Morgan fingerprint density at radius 3 is 2.62 bits per heavy atom. The largest absolute Gasteiger partial charge is 0.354 e. The van der Waals surface area contributed by atoms with Crippen LogP contribution in [0.2, 0.25) is 0 Å². The summed E-state index contributed by atoms with van der Waals surface area (Å²) < 4.78 is 0. The molecular weight excluding hydrogens is 326 g/mol. The Hall–Kier alpha value is -2.47. The number of pyridine rings is 2. The van der Waals surface area contributed by atoms with Crippen LogP contribution in [-0.2, 0) is 6.42 Å². The highest BCUT2D eigenvalue weighted by atomic mass is 16.1. The highest BCUT2D eigenvalue weighted by Crippen LogP contribution is 2.14. The van der Waals surface area contributed by atoms with Crippen molar-refractivity contribution in [2.24, 2.45) is 0 Å². The minimum atomic E-state index is -0.0686. The second-order valence-electron chi connectivity index (χ2n) is 6.51. The van der Waals surface area contributed by atoms with Crippen LogP contribution in [0.15, 0.2) is 42.7 Å². The van der Waals surface area contributed by atoms with Gasteiger partial charge in [0.1, 0.15) is 5.82 Å². The average Bonchev–Trinajstić information content (AvgIpc) is 2.72. The first-order chi connectivity index (χ1) is 12.8. The fourth-order valence-electron chi connectivity index (χ4n) is 3.12. The zero-order chi connectivity index (χ0) is 18.2. The molecule has 1 saturated heterocycles. The molecule has 0 bridgehead atoms. The molecule has 3 heterocycles. The maximum atomic E-state index is 12.2. The second-order valence-corrected chi connectivity index (χ2v) is 6.51. The normalized spacial score (nSPS) is 15.0. The molecule has 3 rings (SSSR count). The molecule has 1 fully saturated rings. The number of carbonyl (C=O) groups excluding carboxylic acids is 1. The van der Waals surface area contributed by atoms with E-state index in [0.29, 0.717) is 12.1 Å². The molecule has 2 aromatic heterocycles. The maximum absolute atomic E-state index is 12.2. The summed E-state index contributed by atoms with van der Waals surface area (Å²) in [5.74, 6) is 0.883. The minimum absolute atomic E-state index is 0.0686. The van der Waals surface area contributed by atoms with Gasteiger partial charge in [0.05, 0.1) is 5.56 Å². The van der Waals surface area contributed by atoms with E-state index in [1.807, 2.05) is 30.3 Å². The maximum Gasteiger partial charge on any atom is 0.252 e. The van der Waals surface area contributed by atoms with E-state index in [0.717, 1.165) is 57.1 Å². The van der Waals surface area contributed by atoms with Gasteiger partial charge < -0.3 is 15.1 Å². The van der Waals surface area contributed by atoms with Crippen molar-refractivity contribution >= 4 is 11.7 Å². The van der Waals surface area contributed by atoms with Gasteiger partial charge in [-0.2, -0.15) is 0 Å². The number of hydrogen-bond acceptors (Lipinski definition) is 5. The summed E-state index contributed by atoms with van der Waals surface area (Å²) in [6.45, 7) is 8.03. The lowest BCUT2D eigenvalue weighted by atomic mass is 10.2. The lowest BCUT2D eigenvalue weighted by Gasteiger charge is -2.34. The number of amides is 1. The van der Waals surface area contributed by atoms with Crippen LogP contribution < -0.4 is 10.2 Å². The molecule has 0 radical (unpaired) electrons. The number of piperazine rings is 1. The van der Waals surface area contributed by atoms with Gasteiger partial charge in [0.25, 0.3) is 5.91 Å². The highest BCUT2D eigenvalue weighted by Gasteiger charge is 2.17. The van der Waals surface area contributed by atoms with E-state index in [9.17, 15) is 4.79 Å². The molecule has 26 heavy (non-hydrogen) atoms. The zero-order valence-electron chi connectivity index (χ0n) is 15.4. The molecule has 0 saturated carbocycles. The Labute approximate surface area is 155 Å². The summed E-state index contributed by atoms with van der Waals surface area (Å²) in [5.41, 5.74) is 1.66. The van der Waals surface area contributed by atoms with Gasteiger partial charge in [-0.3, -0.25) is 9.78 Å². The van der Waals surface area contributed by atoms with Crippen LogP contribution in [0.4, 0.5) is 5.82 Å². The van der Waals surface area contributed by atoms with E-state index in [2.05, 4.69) is 32.0 Å². The fraction of sp³-hybridized carbons (Fsp3) is 0.450. The minimum Gasteiger partial charge on any atom is -0.354 e. The van der Waals surface area contributed by atoms with Crippen LogP contribution in [0.5, 0.6) is 0 Å². The van der Waals surface area contributed by atoms with Crippen molar-refractivity contribution < 1.29 is 4.79 Å². The summed E-state index contributed by atoms with van der Waals surface area (Å²) in [5, 5.41) is 2.95. The van der Waals surface area contributed by atoms with Crippen molar-refractivity contribution in [2.75, 3.05) is 44.2 Å². The molecule has 0 atom stereocenters. The van der Waals surface area contributed by atoms with E-state index in [1.165, 1.54) is 0 Å². The number of aryl methyl sites for hydroxylation is 1. The van der Waals surface area contributed by atoms with Gasteiger partial charge in [-0.05, 0) is 43.7 Å². The smallest absolute Gasteiger partial charge is 0.252 e. The number of nitrogens with one attached hydrogen (secondary N) is 1. The molecule has 0 unspecified atom stereocenters. The molecule has 2 aromatic rings. The Morgan fingerprint density at radius 1 is 1.12 bits per heavy atom. The third kappa shape index (κ3) is 5.02. The number of carbonyl (C=O) groups is 1. The van der Waals surface area contributed by atoms with Gasteiger partial charge in [-0.15, -0.1) is 0 Å².